The minimum atomic E-state index is -0.409. The Balaban J connectivity index is 1.86. The van der Waals surface area contributed by atoms with E-state index in [1.54, 1.807) is 0 Å². The van der Waals surface area contributed by atoms with Crippen LogP contribution in [0.5, 0.6) is 0 Å². The average molecular weight is 279 g/mol. The predicted octanol–water partition coefficient (Wildman–Crippen LogP) is 3.81. The molecule has 0 radical (unpaired) electrons. The normalized spacial score (nSPS) is 35.1. The number of hydrogen-bond donors (Lipinski definition) is 0. The van der Waals surface area contributed by atoms with Crippen LogP contribution in [0, 0.1) is 5.92 Å². The molecule has 1 aromatic rings. The highest BCUT2D eigenvalue weighted by atomic mass is 16.5. The predicted molar refractivity (Wildman–Crippen MR) is 86.4 cm³/mol. The molecule has 0 N–H and O–H groups in total. The van der Waals surface area contributed by atoms with Gasteiger partial charge < -0.3 is 9.64 Å². The second kappa shape index (κ2) is 4.11. The van der Waals surface area contributed by atoms with E-state index in [0.717, 1.165) is 0 Å². The molecule has 1 spiro atoms. The number of nitrogens with zero attached hydrogens (tertiary/aromatic N) is 1. The van der Waals surface area contributed by atoms with Gasteiger partial charge in [-0.25, -0.2) is 0 Å². The monoisotopic (exact) mass is 279 g/mol. The second-order valence-electron chi connectivity index (χ2n) is 6.69. The fourth-order valence-electron chi connectivity index (χ4n) is 4.02. The molecule has 0 saturated carbocycles. The van der Waals surface area contributed by atoms with Gasteiger partial charge in [0.15, 0.2) is 5.72 Å². The Morgan fingerprint density at radius 1 is 1.05 bits per heavy atom. The fraction of sp³-hybridized carbons (Fsp3) is 0.368. The van der Waals surface area contributed by atoms with Gasteiger partial charge in [0.05, 0.1) is 6.10 Å². The summed E-state index contributed by atoms with van der Waals surface area (Å²) in [4.78, 5) is 2.29. The lowest BCUT2D eigenvalue weighted by molar-refractivity contribution is -0.0930. The minimum Gasteiger partial charge on any atom is -0.343 e. The number of rotatable bonds is 0. The van der Waals surface area contributed by atoms with E-state index in [2.05, 4.69) is 86.5 Å². The maximum atomic E-state index is 6.65. The van der Waals surface area contributed by atoms with E-state index >= 15 is 0 Å². The highest BCUT2D eigenvalue weighted by Crippen LogP contribution is 2.54. The molecule has 2 heterocycles. The van der Waals surface area contributed by atoms with Crippen LogP contribution >= 0.6 is 0 Å². The lowest BCUT2D eigenvalue weighted by Gasteiger charge is -2.49. The summed E-state index contributed by atoms with van der Waals surface area (Å²) in [6.07, 6.45) is 13.3. The maximum absolute atomic E-state index is 6.65. The van der Waals surface area contributed by atoms with Crippen molar-refractivity contribution in [1.82, 2.24) is 0 Å². The molecule has 1 aliphatic carbocycles. The van der Waals surface area contributed by atoms with Crippen molar-refractivity contribution in [3.63, 3.8) is 0 Å². The molecular formula is C19H21NO. The Hall–Kier alpha value is -1.80. The number of ether oxygens (including phenoxy) is 1. The minimum absolute atomic E-state index is 0.0885. The van der Waals surface area contributed by atoms with Crippen molar-refractivity contribution in [2.45, 2.75) is 31.1 Å². The zero-order valence-electron chi connectivity index (χ0n) is 12.8. The van der Waals surface area contributed by atoms with E-state index in [9.17, 15) is 0 Å². The van der Waals surface area contributed by atoms with Gasteiger partial charge in [-0.1, -0.05) is 62.4 Å². The summed E-state index contributed by atoms with van der Waals surface area (Å²) in [5, 5.41) is 0. The maximum Gasteiger partial charge on any atom is 0.170 e. The van der Waals surface area contributed by atoms with Crippen molar-refractivity contribution in [2.24, 2.45) is 5.92 Å². The zero-order valence-corrected chi connectivity index (χ0v) is 12.8. The van der Waals surface area contributed by atoms with Crippen molar-refractivity contribution in [1.29, 1.82) is 0 Å². The molecule has 1 aromatic carbocycles. The molecule has 0 saturated heterocycles. The number of fused-ring (bicyclic) bond motifs is 2. The van der Waals surface area contributed by atoms with Crippen LogP contribution in [0.3, 0.4) is 0 Å². The number of benzene rings is 1. The molecule has 108 valence electrons. The summed E-state index contributed by atoms with van der Waals surface area (Å²) in [6.45, 7) is 4.56. The van der Waals surface area contributed by atoms with Crippen LogP contribution in [0.1, 0.15) is 19.4 Å². The Bertz CT molecular complexity index is 670. The molecule has 2 aliphatic heterocycles. The molecule has 3 atom stereocenters. The molecule has 0 aromatic heterocycles. The van der Waals surface area contributed by atoms with Gasteiger partial charge in [0.25, 0.3) is 0 Å². The summed E-state index contributed by atoms with van der Waals surface area (Å²) >= 11 is 0. The van der Waals surface area contributed by atoms with Gasteiger partial charge in [-0.2, -0.15) is 0 Å². The van der Waals surface area contributed by atoms with Crippen molar-refractivity contribution in [3.8, 4) is 0 Å². The van der Waals surface area contributed by atoms with Gasteiger partial charge in [0.1, 0.15) is 0 Å². The first-order chi connectivity index (χ1) is 10.1. The van der Waals surface area contributed by atoms with Gasteiger partial charge in [-0.15, -0.1) is 0 Å². The standard InChI is InChI=1S/C19H21NO/c1-18(2)15-9-5-6-10-16(15)20(3)19(18)13-12-14-8-4-7-11-17(14)21-19/h4-14,17H,1-3H3. The van der Waals surface area contributed by atoms with E-state index in [1.165, 1.54) is 11.3 Å². The van der Waals surface area contributed by atoms with Gasteiger partial charge in [-0.3, -0.25) is 0 Å². The summed E-state index contributed by atoms with van der Waals surface area (Å²) in [6, 6.07) is 8.63. The Morgan fingerprint density at radius 3 is 2.62 bits per heavy atom. The summed E-state index contributed by atoms with van der Waals surface area (Å²) < 4.78 is 6.65. The summed E-state index contributed by atoms with van der Waals surface area (Å²) in [5.41, 5.74) is 2.12. The van der Waals surface area contributed by atoms with Gasteiger partial charge in [-0.05, 0) is 17.7 Å². The van der Waals surface area contributed by atoms with Crippen LogP contribution in [0.4, 0.5) is 5.69 Å². The highest BCUT2D eigenvalue weighted by Gasteiger charge is 2.57. The van der Waals surface area contributed by atoms with Crippen LogP contribution in [0.2, 0.25) is 0 Å². The fourth-order valence-corrected chi connectivity index (χ4v) is 4.02. The first kappa shape index (κ1) is 12.9. The van der Waals surface area contributed by atoms with E-state index in [0.29, 0.717) is 5.92 Å². The molecule has 2 nitrogen and oxygen atoms in total. The Morgan fingerprint density at radius 2 is 1.81 bits per heavy atom. The Labute approximate surface area is 126 Å². The zero-order chi connectivity index (χ0) is 14.7. The lowest BCUT2D eigenvalue weighted by atomic mass is 9.75. The molecule has 0 amide bonds. The molecule has 0 bridgehead atoms. The highest BCUT2D eigenvalue weighted by molar-refractivity contribution is 5.67. The van der Waals surface area contributed by atoms with Crippen molar-refractivity contribution in [2.75, 3.05) is 11.9 Å². The van der Waals surface area contributed by atoms with E-state index in [1.807, 2.05) is 0 Å². The number of likely N-dealkylation sites (N-methyl/N-ethyl adjacent to an activating group) is 1. The third-order valence-electron chi connectivity index (χ3n) is 5.32. The number of anilines is 1. The summed E-state index contributed by atoms with van der Waals surface area (Å²) in [7, 11) is 2.14. The van der Waals surface area contributed by atoms with Gasteiger partial charge >= 0.3 is 0 Å². The van der Waals surface area contributed by atoms with Crippen LogP contribution in [-0.4, -0.2) is 18.9 Å². The smallest absolute Gasteiger partial charge is 0.170 e. The third-order valence-corrected chi connectivity index (χ3v) is 5.32. The molecule has 21 heavy (non-hydrogen) atoms. The average Bonchev–Trinajstić information content (AvgIpc) is 2.67. The lowest BCUT2D eigenvalue weighted by Crippen LogP contribution is -2.58. The SMILES string of the molecule is CN1c2ccccc2C(C)(C)C12C=CC1C=CC=CC1O2. The molecule has 2 heteroatoms. The summed E-state index contributed by atoms with van der Waals surface area (Å²) in [5.74, 6) is 0.355. The van der Waals surface area contributed by atoms with E-state index < -0.39 is 5.72 Å². The molecule has 4 rings (SSSR count). The van der Waals surface area contributed by atoms with Crippen molar-refractivity contribution >= 4 is 5.69 Å². The molecule has 3 aliphatic rings. The molecular weight excluding hydrogens is 258 g/mol. The van der Waals surface area contributed by atoms with Gasteiger partial charge in [0.2, 0.25) is 0 Å². The van der Waals surface area contributed by atoms with Crippen molar-refractivity contribution < 1.29 is 4.74 Å². The molecule has 3 unspecified atom stereocenters. The van der Waals surface area contributed by atoms with Crippen LogP contribution in [-0.2, 0) is 10.2 Å². The van der Waals surface area contributed by atoms with Crippen LogP contribution in [0.15, 0.2) is 60.7 Å². The quantitative estimate of drug-likeness (QED) is 0.670. The Kier molecular flexibility index (Phi) is 2.52. The van der Waals surface area contributed by atoms with Crippen LogP contribution in [0.25, 0.3) is 0 Å². The van der Waals surface area contributed by atoms with Crippen molar-refractivity contribution in [3.05, 3.63) is 66.3 Å². The second-order valence-corrected chi connectivity index (χ2v) is 6.69. The number of para-hydroxylation sites is 1. The number of allylic oxidation sites excluding steroid dienone is 2. The van der Waals surface area contributed by atoms with Crippen LogP contribution < -0.4 is 4.90 Å². The first-order valence-corrected chi connectivity index (χ1v) is 7.62. The van der Waals surface area contributed by atoms with Gasteiger partial charge in [0, 0.05) is 24.1 Å². The van der Waals surface area contributed by atoms with E-state index in [4.69, 9.17) is 4.74 Å². The first-order valence-electron chi connectivity index (χ1n) is 7.62. The topological polar surface area (TPSA) is 12.5 Å². The van der Waals surface area contributed by atoms with E-state index in [-0.39, 0.29) is 11.5 Å². The third kappa shape index (κ3) is 1.51. The molecule has 0 fully saturated rings. The largest absolute Gasteiger partial charge is 0.343 e. The number of hydrogen-bond acceptors (Lipinski definition) is 2.